The lowest BCUT2D eigenvalue weighted by Gasteiger charge is -2.16. The number of rotatable bonds is 6. The van der Waals surface area contributed by atoms with E-state index in [1.54, 1.807) is 43.3 Å². The molecule has 1 heterocycles. The monoisotopic (exact) mass is 402 g/mol. The summed E-state index contributed by atoms with van der Waals surface area (Å²) in [5.74, 6) is -0.215. The molecule has 2 aromatic carbocycles. The molecule has 1 unspecified atom stereocenters. The van der Waals surface area contributed by atoms with Gasteiger partial charge in [-0.25, -0.2) is 0 Å². The number of benzene rings is 2. The Morgan fingerprint density at radius 1 is 1.15 bits per heavy atom. The fourth-order valence-electron chi connectivity index (χ4n) is 2.80. The highest BCUT2D eigenvalue weighted by Gasteiger charge is 2.34. The normalized spacial score (nSPS) is 14.3. The van der Waals surface area contributed by atoms with Crippen molar-refractivity contribution in [3.8, 4) is 0 Å². The second-order valence-corrected chi connectivity index (χ2v) is 8.15. The molecular formula is C20H19ClN2O3S. The lowest BCUT2D eigenvalue weighted by Crippen LogP contribution is -2.32. The fourth-order valence-corrected chi connectivity index (χ4v) is 3.83. The quantitative estimate of drug-likeness (QED) is 0.741. The Labute approximate surface area is 167 Å². The Morgan fingerprint density at radius 3 is 2.41 bits per heavy atom. The van der Waals surface area contributed by atoms with Crippen molar-refractivity contribution in [2.75, 3.05) is 17.6 Å². The Bertz CT molecular complexity index is 881. The van der Waals surface area contributed by atoms with Gasteiger partial charge in [0, 0.05) is 23.0 Å². The van der Waals surface area contributed by atoms with Gasteiger partial charge < -0.3 is 5.32 Å². The van der Waals surface area contributed by atoms with Crippen LogP contribution in [0, 0.1) is 6.92 Å². The topological polar surface area (TPSA) is 66.5 Å². The van der Waals surface area contributed by atoms with E-state index in [0.29, 0.717) is 27.6 Å². The highest BCUT2D eigenvalue weighted by molar-refractivity contribution is 8.00. The van der Waals surface area contributed by atoms with E-state index < -0.39 is 0 Å². The highest BCUT2D eigenvalue weighted by Crippen LogP contribution is 2.24. The second-order valence-electron chi connectivity index (χ2n) is 6.27. The van der Waals surface area contributed by atoms with Crippen molar-refractivity contribution in [1.82, 2.24) is 4.90 Å². The van der Waals surface area contributed by atoms with Crippen LogP contribution in [0.15, 0.2) is 42.5 Å². The average molecular weight is 403 g/mol. The van der Waals surface area contributed by atoms with Crippen molar-refractivity contribution in [2.45, 2.75) is 19.1 Å². The van der Waals surface area contributed by atoms with Crippen LogP contribution in [0.1, 0.15) is 33.2 Å². The summed E-state index contributed by atoms with van der Waals surface area (Å²) in [4.78, 5) is 38.3. The molecule has 0 fully saturated rings. The number of hydrogen-bond donors (Lipinski definition) is 1. The van der Waals surface area contributed by atoms with Crippen LogP contribution in [-0.4, -0.2) is 40.2 Å². The SMILES string of the molecule is Cc1ccc(Cl)cc1NC(=O)C(C)SCCN1C(=O)c2ccccc2C1=O. The van der Waals surface area contributed by atoms with Crippen molar-refractivity contribution in [1.29, 1.82) is 0 Å². The smallest absolute Gasteiger partial charge is 0.261 e. The first-order valence-electron chi connectivity index (χ1n) is 8.52. The van der Waals surface area contributed by atoms with E-state index in [1.165, 1.54) is 16.7 Å². The van der Waals surface area contributed by atoms with Crippen molar-refractivity contribution < 1.29 is 14.4 Å². The summed E-state index contributed by atoms with van der Waals surface area (Å²) >= 11 is 7.37. The van der Waals surface area contributed by atoms with E-state index in [1.807, 2.05) is 13.0 Å². The van der Waals surface area contributed by atoms with Gasteiger partial charge in [-0.1, -0.05) is 29.8 Å². The second kappa shape index (κ2) is 8.15. The van der Waals surface area contributed by atoms with Gasteiger partial charge in [0.15, 0.2) is 0 Å². The van der Waals surface area contributed by atoms with Crippen LogP contribution in [0.5, 0.6) is 0 Å². The van der Waals surface area contributed by atoms with Crippen LogP contribution in [0.2, 0.25) is 5.02 Å². The van der Waals surface area contributed by atoms with Gasteiger partial charge in [-0.2, -0.15) is 0 Å². The Balaban J connectivity index is 1.53. The number of fused-ring (bicyclic) bond motifs is 1. The van der Waals surface area contributed by atoms with Gasteiger partial charge in [-0.05, 0) is 43.7 Å². The van der Waals surface area contributed by atoms with Gasteiger partial charge in [-0.3, -0.25) is 19.3 Å². The minimum atomic E-state index is -0.335. The van der Waals surface area contributed by atoms with E-state index in [-0.39, 0.29) is 29.5 Å². The molecule has 1 N–H and O–H groups in total. The lowest BCUT2D eigenvalue weighted by atomic mass is 10.1. The number of nitrogens with one attached hydrogen (secondary N) is 1. The van der Waals surface area contributed by atoms with Crippen molar-refractivity contribution in [2.24, 2.45) is 0 Å². The maximum Gasteiger partial charge on any atom is 0.261 e. The third-order valence-electron chi connectivity index (χ3n) is 4.39. The number of carbonyl (C=O) groups excluding carboxylic acids is 3. The zero-order valence-electron chi connectivity index (χ0n) is 15.0. The number of nitrogens with zero attached hydrogens (tertiary/aromatic N) is 1. The van der Waals surface area contributed by atoms with E-state index in [9.17, 15) is 14.4 Å². The third kappa shape index (κ3) is 4.17. The van der Waals surface area contributed by atoms with Crippen molar-refractivity contribution in [3.05, 3.63) is 64.2 Å². The molecule has 0 bridgehead atoms. The van der Waals surface area contributed by atoms with Crippen LogP contribution < -0.4 is 5.32 Å². The summed E-state index contributed by atoms with van der Waals surface area (Å²) in [5.41, 5.74) is 2.49. The molecule has 0 saturated carbocycles. The molecular weight excluding hydrogens is 384 g/mol. The fraction of sp³-hybridized carbons (Fsp3) is 0.250. The number of carbonyl (C=O) groups is 3. The Morgan fingerprint density at radius 2 is 1.78 bits per heavy atom. The molecule has 0 aromatic heterocycles. The number of amides is 3. The minimum absolute atomic E-state index is 0.146. The number of thioether (sulfide) groups is 1. The van der Waals surface area contributed by atoms with Gasteiger partial charge in [0.1, 0.15) is 0 Å². The number of halogens is 1. The van der Waals surface area contributed by atoms with E-state index in [2.05, 4.69) is 5.32 Å². The highest BCUT2D eigenvalue weighted by atomic mass is 35.5. The molecule has 140 valence electrons. The van der Waals surface area contributed by atoms with E-state index in [4.69, 9.17) is 11.6 Å². The van der Waals surface area contributed by atoms with Gasteiger partial charge in [-0.15, -0.1) is 11.8 Å². The molecule has 0 aliphatic carbocycles. The van der Waals surface area contributed by atoms with Gasteiger partial charge in [0.25, 0.3) is 11.8 Å². The first kappa shape index (κ1) is 19.5. The summed E-state index contributed by atoms with van der Waals surface area (Å²) in [6, 6.07) is 12.1. The molecule has 0 spiro atoms. The molecule has 1 atom stereocenters. The minimum Gasteiger partial charge on any atom is -0.325 e. The van der Waals surface area contributed by atoms with Crippen LogP contribution in [-0.2, 0) is 4.79 Å². The van der Waals surface area contributed by atoms with Crippen molar-refractivity contribution in [3.63, 3.8) is 0 Å². The maximum atomic E-state index is 12.4. The lowest BCUT2D eigenvalue weighted by molar-refractivity contribution is -0.115. The van der Waals surface area contributed by atoms with Crippen LogP contribution in [0.25, 0.3) is 0 Å². The molecule has 3 rings (SSSR count). The zero-order valence-corrected chi connectivity index (χ0v) is 16.6. The summed E-state index contributed by atoms with van der Waals surface area (Å²) in [6.45, 7) is 3.96. The first-order valence-corrected chi connectivity index (χ1v) is 9.95. The number of aryl methyl sites for hydroxylation is 1. The van der Waals surface area contributed by atoms with Crippen LogP contribution in [0.3, 0.4) is 0 Å². The summed E-state index contributed by atoms with van der Waals surface area (Å²) < 4.78 is 0. The summed E-state index contributed by atoms with van der Waals surface area (Å²) in [7, 11) is 0. The molecule has 2 aromatic rings. The number of imide groups is 1. The molecule has 7 heteroatoms. The summed E-state index contributed by atoms with van der Waals surface area (Å²) in [6.07, 6.45) is 0. The molecule has 0 saturated heterocycles. The Hall–Kier alpha value is -2.31. The van der Waals surface area contributed by atoms with E-state index >= 15 is 0 Å². The zero-order chi connectivity index (χ0) is 19.6. The van der Waals surface area contributed by atoms with Crippen LogP contribution in [0.4, 0.5) is 5.69 Å². The number of anilines is 1. The van der Waals surface area contributed by atoms with Crippen LogP contribution >= 0.6 is 23.4 Å². The molecule has 0 radical (unpaired) electrons. The largest absolute Gasteiger partial charge is 0.325 e. The van der Waals surface area contributed by atoms with Gasteiger partial charge in [0.2, 0.25) is 5.91 Å². The molecule has 27 heavy (non-hydrogen) atoms. The van der Waals surface area contributed by atoms with Gasteiger partial charge >= 0.3 is 0 Å². The Kier molecular flexibility index (Phi) is 5.87. The standard InChI is InChI=1S/C20H19ClN2O3S/c1-12-7-8-14(21)11-17(12)22-18(24)13(2)27-10-9-23-19(25)15-5-3-4-6-16(15)20(23)26/h3-8,11,13H,9-10H2,1-2H3,(H,22,24). The predicted molar refractivity (Wildman–Crippen MR) is 109 cm³/mol. The van der Waals surface area contributed by atoms with Crippen molar-refractivity contribution >= 4 is 46.8 Å². The summed E-state index contributed by atoms with van der Waals surface area (Å²) in [5, 5.41) is 3.09. The average Bonchev–Trinajstić information content (AvgIpc) is 2.89. The number of hydrogen-bond acceptors (Lipinski definition) is 4. The molecule has 1 aliphatic heterocycles. The predicted octanol–water partition coefficient (Wildman–Crippen LogP) is 4.00. The molecule has 1 aliphatic rings. The molecule has 5 nitrogen and oxygen atoms in total. The third-order valence-corrected chi connectivity index (χ3v) is 5.76. The maximum absolute atomic E-state index is 12.4. The first-order chi connectivity index (χ1) is 12.9. The molecule has 3 amide bonds. The van der Waals surface area contributed by atoms with E-state index in [0.717, 1.165) is 5.56 Å². The van der Waals surface area contributed by atoms with Gasteiger partial charge in [0.05, 0.1) is 16.4 Å².